The third-order valence-corrected chi connectivity index (χ3v) is 6.77. The van der Waals surface area contributed by atoms with Gasteiger partial charge >= 0.3 is 0 Å². The number of nitrogens with two attached hydrogens (primary N) is 1. The lowest BCUT2D eigenvalue weighted by Gasteiger charge is -2.37. The van der Waals surface area contributed by atoms with Gasteiger partial charge in [0.25, 0.3) is 0 Å². The zero-order chi connectivity index (χ0) is 21.9. The number of thiocarbonyl (C=S) groups is 1. The van der Waals surface area contributed by atoms with Crippen molar-refractivity contribution in [3.63, 3.8) is 0 Å². The predicted octanol–water partition coefficient (Wildman–Crippen LogP) is 4.11. The molecule has 0 aromatic heterocycles. The first-order chi connectivity index (χ1) is 14.4. The summed E-state index contributed by atoms with van der Waals surface area (Å²) in [6.45, 7) is 9.83. The number of rotatable bonds is 9. The summed E-state index contributed by atoms with van der Waals surface area (Å²) in [5.41, 5.74) is 8.15. The molecule has 168 valence electrons. The zero-order valence-electron chi connectivity index (χ0n) is 18.5. The maximum absolute atomic E-state index is 9.69. The molecular weight excluding hydrogens is 414 g/mol. The highest BCUT2D eigenvalue weighted by atomic mass is 32.2. The van der Waals surface area contributed by atoms with E-state index in [2.05, 4.69) is 46.1 Å². The summed E-state index contributed by atoms with van der Waals surface area (Å²) in [4.78, 5) is 8.74. The molecule has 2 unspecified atom stereocenters. The summed E-state index contributed by atoms with van der Waals surface area (Å²) in [7, 11) is 0. The lowest BCUT2D eigenvalue weighted by Crippen LogP contribution is -2.49. The minimum absolute atomic E-state index is 0.380. The molecule has 1 fully saturated rings. The molecule has 0 saturated carbocycles. The number of amidine groups is 1. The van der Waals surface area contributed by atoms with Crippen LogP contribution in [0.2, 0.25) is 0 Å². The lowest BCUT2D eigenvalue weighted by atomic mass is 10.0. The topological polar surface area (TPSA) is 77.1 Å². The molecule has 0 amide bonds. The highest BCUT2D eigenvalue weighted by molar-refractivity contribution is 8.13. The van der Waals surface area contributed by atoms with Crippen molar-refractivity contribution >= 4 is 45.6 Å². The molecule has 1 aromatic rings. The summed E-state index contributed by atoms with van der Waals surface area (Å²) in [5, 5.41) is 13.8. The van der Waals surface area contributed by atoms with Gasteiger partial charge in [0.15, 0.2) is 10.3 Å². The van der Waals surface area contributed by atoms with Crippen LogP contribution in [0.5, 0.6) is 0 Å². The molecule has 0 bridgehead atoms. The van der Waals surface area contributed by atoms with E-state index in [0.29, 0.717) is 16.2 Å². The third-order valence-electron chi connectivity index (χ3n) is 5.55. The molecule has 0 radical (unpaired) electrons. The van der Waals surface area contributed by atoms with E-state index in [9.17, 15) is 5.11 Å². The summed E-state index contributed by atoms with van der Waals surface area (Å²) < 4.78 is 0. The monoisotopic (exact) mass is 451 g/mol. The molecule has 1 aliphatic heterocycles. The average Bonchev–Trinajstić information content (AvgIpc) is 2.74. The second-order valence-electron chi connectivity index (χ2n) is 7.81. The molecule has 8 heteroatoms. The molecule has 2 atom stereocenters. The Morgan fingerprint density at radius 3 is 2.47 bits per heavy atom. The summed E-state index contributed by atoms with van der Waals surface area (Å²) in [5.74, 6) is 1.67. The van der Waals surface area contributed by atoms with Crippen LogP contribution >= 0.6 is 24.0 Å². The Bertz CT molecular complexity index is 673. The van der Waals surface area contributed by atoms with Gasteiger partial charge in [-0.15, -0.1) is 0 Å². The van der Waals surface area contributed by atoms with Crippen molar-refractivity contribution < 1.29 is 5.11 Å². The molecule has 30 heavy (non-hydrogen) atoms. The van der Waals surface area contributed by atoms with Crippen molar-refractivity contribution in [2.75, 3.05) is 42.1 Å². The van der Waals surface area contributed by atoms with E-state index in [-0.39, 0.29) is 6.23 Å². The SMILES string of the molecule is CCCCC(CC)CS/C(N)=N/C(=S)Nc1ccc(N2CCN(C(C)O)CC2)cc1. The van der Waals surface area contributed by atoms with Crippen LogP contribution in [0.1, 0.15) is 46.5 Å². The van der Waals surface area contributed by atoms with Gasteiger partial charge in [-0.25, -0.2) is 0 Å². The minimum atomic E-state index is -0.380. The van der Waals surface area contributed by atoms with Crippen LogP contribution in [-0.2, 0) is 0 Å². The molecular formula is C22H37N5OS2. The number of anilines is 2. The van der Waals surface area contributed by atoms with E-state index >= 15 is 0 Å². The molecule has 2 rings (SSSR count). The highest BCUT2D eigenvalue weighted by Gasteiger charge is 2.19. The minimum Gasteiger partial charge on any atom is -0.379 e. The first-order valence-corrected chi connectivity index (χ1v) is 12.4. The van der Waals surface area contributed by atoms with E-state index in [1.54, 1.807) is 11.8 Å². The number of hydrogen-bond donors (Lipinski definition) is 3. The Morgan fingerprint density at radius 2 is 1.90 bits per heavy atom. The van der Waals surface area contributed by atoms with Crippen molar-refractivity contribution in [2.45, 2.75) is 52.7 Å². The molecule has 1 aliphatic rings. The van der Waals surface area contributed by atoms with Crippen molar-refractivity contribution in [3.8, 4) is 0 Å². The standard InChI is InChI=1S/C22H37N5OS2/c1-4-6-7-18(5-2)16-30-21(23)25-22(29)24-19-8-10-20(11-9-19)27-14-12-26(13-15-27)17(3)28/h8-11,17-18,28H,4-7,12-16H2,1-3H3,(H3,23,24,25,29). The number of benzene rings is 1. The molecule has 1 saturated heterocycles. The van der Waals surface area contributed by atoms with Gasteiger partial charge in [-0.05, 0) is 55.7 Å². The van der Waals surface area contributed by atoms with Crippen LogP contribution in [0, 0.1) is 5.92 Å². The summed E-state index contributed by atoms with van der Waals surface area (Å²) >= 11 is 6.95. The van der Waals surface area contributed by atoms with Crippen molar-refractivity contribution in [1.82, 2.24) is 4.90 Å². The number of nitrogens with zero attached hydrogens (tertiary/aromatic N) is 3. The normalized spacial score (nSPS) is 17.6. The molecule has 0 spiro atoms. The van der Waals surface area contributed by atoms with Gasteiger partial charge < -0.3 is 21.1 Å². The fourth-order valence-electron chi connectivity index (χ4n) is 3.49. The number of unbranched alkanes of at least 4 members (excludes halogenated alkanes) is 1. The summed E-state index contributed by atoms with van der Waals surface area (Å²) in [6.07, 6.45) is 4.53. The highest BCUT2D eigenvalue weighted by Crippen LogP contribution is 2.21. The van der Waals surface area contributed by atoms with Crippen LogP contribution < -0.4 is 16.0 Å². The maximum Gasteiger partial charge on any atom is 0.199 e. The molecule has 6 nitrogen and oxygen atoms in total. The van der Waals surface area contributed by atoms with Gasteiger partial charge in [-0.1, -0.05) is 44.9 Å². The Morgan fingerprint density at radius 1 is 1.23 bits per heavy atom. The van der Waals surface area contributed by atoms with Gasteiger partial charge in [0, 0.05) is 43.3 Å². The fraction of sp³-hybridized carbons (Fsp3) is 0.636. The quantitative estimate of drug-likeness (QED) is 0.296. The zero-order valence-corrected chi connectivity index (χ0v) is 20.1. The van der Waals surface area contributed by atoms with Gasteiger partial charge in [0.05, 0.1) is 0 Å². The Labute approximate surface area is 191 Å². The van der Waals surface area contributed by atoms with Gasteiger partial charge in [-0.2, -0.15) is 4.99 Å². The van der Waals surface area contributed by atoms with Crippen molar-refractivity contribution in [3.05, 3.63) is 24.3 Å². The van der Waals surface area contributed by atoms with Gasteiger partial charge in [0.2, 0.25) is 0 Å². The van der Waals surface area contributed by atoms with Gasteiger partial charge in [-0.3, -0.25) is 4.90 Å². The summed E-state index contributed by atoms with van der Waals surface area (Å²) in [6, 6.07) is 8.20. The van der Waals surface area contributed by atoms with E-state index in [1.807, 2.05) is 19.1 Å². The van der Waals surface area contributed by atoms with Crippen molar-refractivity contribution in [2.24, 2.45) is 16.6 Å². The number of nitrogens with one attached hydrogen (secondary N) is 1. The van der Waals surface area contributed by atoms with Crippen LogP contribution in [-0.4, -0.2) is 58.4 Å². The van der Waals surface area contributed by atoms with E-state index in [1.165, 1.54) is 31.4 Å². The first-order valence-electron chi connectivity index (χ1n) is 11.0. The smallest absolute Gasteiger partial charge is 0.199 e. The number of piperazine rings is 1. The Kier molecular flexibility index (Phi) is 10.9. The molecule has 4 N–H and O–H groups in total. The fourth-order valence-corrected chi connectivity index (χ4v) is 4.73. The number of aliphatic hydroxyl groups is 1. The number of hydrogen-bond acceptors (Lipinski definition) is 5. The van der Waals surface area contributed by atoms with Crippen LogP contribution in [0.25, 0.3) is 0 Å². The molecule has 0 aliphatic carbocycles. The second kappa shape index (κ2) is 13.1. The third kappa shape index (κ3) is 8.41. The maximum atomic E-state index is 9.69. The largest absolute Gasteiger partial charge is 0.379 e. The van der Waals surface area contributed by atoms with Crippen molar-refractivity contribution in [1.29, 1.82) is 0 Å². The first kappa shape index (κ1) is 24.9. The van der Waals surface area contributed by atoms with Crippen LogP contribution in [0.15, 0.2) is 29.3 Å². The number of thioether (sulfide) groups is 1. The lowest BCUT2D eigenvalue weighted by molar-refractivity contribution is 0.0153. The second-order valence-corrected chi connectivity index (χ2v) is 9.24. The van der Waals surface area contributed by atoms with Crippen LogP contribution in [0.4, 0.5) is 11.4 Å². The molecule has 1 heterocycles. The number of aliphatic hydroxyl groups excluding tert-OH is 1. The molecule has 1 aromatic carbocycles. The Balaban J connectivity index is 1.80. The average molecular weight is 452 g/mol. The number of aliphatic imine (C=N–C) groups is 1. The van der Waals surface area contributed by atoms with E-state index in [0.717, 1.165) is 37.6 Å². The van der Waals surface area contributed by atoms with E-state index in [4.69, 9.17) is 18.0 Å². The van der Waals surface area contributed by atoms with Crippen LogP contribution in [0.3, 0.4) is 0 Å². The van der Waals surface area contributed by atoms with Gasteiger partial charge in [0.1, 0.15) is 6.23 Å². The predicted molar refractivity (Wildman–Crippen MR) is 136 cm³/mol. The Hall–Kier alpha value is -1.35. The van der Waals surface area contributed by atoms with E-state index < -0.39 is 0 Å².